The summed E-state index contributed by atoms with van der Waals surface area (Å²) >= 11 is 8.09. The number of hydrogen-bond acceptors (Lipinski definition) is 4. The molecule has 1 aromatic heterocycles. The van der Waals surface area contributed by atoms with Gasteiger partial charge in [0.2, 0.25) is 0 Å². The van der Waals surface area contributed by atoms with E-state index in [9.17, 15) is 14.7 Å². The average molecular weight is 406 g/mol. The van der Waals surface area contributed by atoms with Crippen LogP contribution in [0.1, 0.15) is 60.8 Å². The SMILES string of the molecule is CC(C)Oc1cc2c(cc1Cl)-c1c(cc(C(=O)O)c(=O)n1C1CC1)C(C)S2. The van der Waals surface area contributed by atoms with Gasteiger partial charge in [-0.05, 0) is 57.4 Å². The van der Waals surface area contributed by atoms with E-state index in [1.54, 1.807) is 16.3 Å². The van der Waals surface area contributed by atoms with E-state index >= 15 is 0 Å². The molecule has 1 aromatic carbocycles. The quantitative estimate of drug-likeness (QED) is 0.761. The lowest BCUT2D eigenvalue weighted by Crippen LogP contribution is -2.29. The summed E-state index contributed by atoms with van der Waals surface area (Å²) in [5, 5.41) is 9.99. The van der Waals surface area contributed by atoms with E-state index in [2.05, 4.69) is 0 Å². The molecule has 1 saturated carbocycles. The van der Waals surface area contributed by atoms with Crippen molar-refractivity contribution in [2.45, 2.75) is 55.9 Å². The van der Waals surface area contributed by atoms with Crippen molar-refractivity contribution in [3.05, 3.63) is 44.7 Å². The fourth-order valence-electron chi connectivity index (χ4n) is 3.50. The number of carbonyl (C=O) groups is 1. The van der Waals surface area contributed by atoms with Gasteiger partial charge in [0.25, 0.3) is 5.56 Å². The first-order valence-electron chi connectivity index (χ1n) is 8.98. The van der Waals surface area contributed by atoms with Gasteiger partial charge in [-0.2, -0.15) is 0 Å². The maximum atomic E-state index is 12.9. The molecular formula is C20H20ClNO4S. The summed E-state index contributed by atoms with van der Waals surface area (Å²) in [5.74, 6) is -0.560. The highest BCUT2D eigenvalue weighted by atomic mass is 35.5. The van der Waals surface area contributed by atoms with Crippen LogP contribution in [0.5, 0.6) is 5.75 Å². The highest BCUT2D eigenvalue weighted by molar-refractivity contribution is 7.99. The number of thioether (sulfide) groups is 1. The van der Waals surface area contributed by atoms with Gasteiger partial charge in [0.05, 0.1) is 16.8 Å². The lowest BCUT2D eigenvalue weighted by molar-refractivity contribution is 0.0694. The van der Waals surface area contributed by atoms with Crippen LogP contribution in [0.25, 0.3) is 11.3 Å². The van der Waals surface area contributed by atoms with E-state index in [0.717, 1.165) is 34.6 Å². The predicted octanol–water partition coefficient (Wildman–Crippen LogP) is 5.16. The normalized spacial score (nSPS) is 18.2. The number of carboxylic acid groups (broad SMARTS) is 1. The second-order valence-corrected chi connectivity index (χ2v) is 9.07. The van der Waals surface area contributed by atoms with Crippen molar-refractivity contribution in [1.82, 2.24) is 4.57 Å². The molecule has 2 aliphatic rings. The Morgan fingerprint density at radius 3 is 2.63 bits per heavy atom. The number of ether oxygens (including phenoxy) is 1. The maximum absolute atomic E-state index is 12.9. The Morgan fingerprint density at radius 2 is 2.04 bits per heavy atom. The molecule has 1 fully saturated rings. The number of benzene rings is 1. The van der Waals surface area contributed by atoms with Gasteiger partial charge >= 0.3 is 5.97 Å². The second kappa shape index (κ2) is 6.60. The van der Waals surface area contributed by atoms with Crippen LogP contribution in [0.3, 0.4) is 0 Å². The van der Waals surface area contributed by atoms with Gasteiger partial charge in [0.1, 0.15) is 11.3 Å². The molecule has 4 rings (SSSR count). The van der Waals surface area contributed by atoms with Gasteiger partial charge in [-0.25, -0.2) is 4.79 Å². The Kier molecular flexibility index (Phi) is 4.51. The van der Waals surface area contributed by atoms with Gasteiger partial charge in [-0.15, -0.1) is 11.8 Å². The Morgan fingerprint density at radius 1 is 1.33 bits per heavy atom. The fourth-order valence-corrected chi connectivity index (χ4v) is 4.85. The van der Waals surface area contributed by atoms with E-state index in [1.807, 2.05) is 32.9 Å². The lowest BCUT2D eigenvalue weighted by Gasteiger charge is -2.29. The van der Waals surface area contributed by atoms with Crippen LogP contribution in [-0.2, 0) is 0 Å². The molecule has 142 valence electrons. The molecule has 2 aromatic rings. The average Bonchev–Trinajstić information content (AvgIpc) is 3.40. The number of nitrogens with zero attached hydrogens (tertiary/aromatic N) is 1. The van der Waals surface area contributed by atoms with Gasteiger partial charge in [0.15, 0.2) is 0 Å². The smallest absolute Gasteiger partial charge is 0.341 e. The van der Waals surface area contributed by atoms with Gasteiger partial charge in [-0.1, -0.05) is 11.6 Å². The number of rotatable bonds is 4. The monoisotopic (exact) mass is 405 g/mol. The van der Waals surface area contributed by atoms with Crippen LogP contribution in [0.15, 0.2) is 27.9 Å². The van der Waals surface area contributed by atoms with E-state index < -0.39 is 11.5 Å². The van der Waals surface area contributed by atoms with Crippen molar-refractivity contribution in [1.29, 1.82) is 0 Å². The summed E-state index contributed by atoms with van der Waals surface area (Å²) in [5.41, 5.74) is 1.93. The van der Waals surface area contributed by atoms with Gasteiger partial charge in [-0.3, -0.25) is 4.79 Å². The molecule has 1 atom stereocenters. The summed E-state index contributed by atoms with van der Waals surface area (Å²) in [6, 6.07) is 5.35. The first-order chi connectivity index (χ1) is 12.8. The number of aromatic nitrogens is 1. The van der Waals surface area contributed by atoms with E-state index in [-0.39, 0.29) is 23.0 Å². The molecular weight excluding hydrogens is 386 g/mol. The number of fused-ring (bicyclic) bond motifs is 3. The van der Waals surface area contributed by atoms with Crippen molar-refractivity contribution in [2.24, 2.45) is 0 Å². The van der Waals surface area contributed by atoms with Crippen LogP contribution in [0, 0.1) is 0 Å². The van der Waals surface area contributed by atoms with Crippen LogP contribution in [0.2, 0.25) is 5.02 Å². The van der Waals surface area contributed by atoms with E-state index in [0.29, 0.717) is 10.8 Å². The third kappa shape index (κ3) is 3.15. The Bertz CT molecular complexity index is 1010. The highest BCUT2D eigenvalue weighted by Crippen LogP contribution is 2.52. The molecule has 7 heteroatoms. The minimum absolute atomic E-state index is 0.00150. The number of pyridine rings is 1. The Balaban J connectivity index is 1.99. The molecule has 1 aliphatic carbocycles. The molecule has 0 bridgehead atoms. The van der Waals surface area contributed by atoms with Crippen molar-refractivity contribution in [3.63, 3.8) is 0 Å². The van der Waals surface area contributed by atoms with Crippen LogP contribution >= 0.6 is 23.4 Å². The molecule has 0 amide bonds. The zero-order valence-electron chi connectivity index (χ0n) is 15.3. The van der Waals surface area contributed by atoms with Gasteiger partial charge in [0, 0.05) is 21.8 Å². The third-order valence-electron chi connectivity index (χ3n) is 4.80. The zero-order valence-corrected chi connectivity index (χ0v) is 16.9. The summed E-state index contributed by atoms with van der Waals surface area (Å²) < 4.78 is 7.48. The number of carboxylic acids is 1. The van der Waals surface area contributed by atoms with Crippen LogP contribution in [0.4, 0.5) is 0 Å². The van der Waals surface area contributed by atoms with Gasteiger partial charge < -0.3 is 14.4 Å². The van der Waals surface area contributed by atoms with Crippen LogP contribution < -0.4 is 10.3 Å². The molecule has 0 radical (unpaired) electrons. The molecule has 0 spiro atoms. The zero-order chi connectivity index (χ0) is 19.5. The Labute approximate surface area is 166 Å². The van der Waals surface area contributed by atoms with Crippen molar-refractivity contribution in [3.8, 4) is 17.0 Å². The molecule has 2 heterocycles. The molecule has 0 saturated heterocycles. The minimum Gasteiger partial charge on any atom is -0.489 e. The van der Waals surface area contributed by atoms with Crippen molar-refractivity contribution in [2.75, 3.05) is 0 Å². The molecule has 1 unspecified atom stereocenters. The number of aromatic carboxylic acids is 1. The lowest BCUT2D eigenvalue weighted by atomic mass is 9.99. The number of hydrogen-bond donors (Lipinski definition) is 1. The third-order valence-corrected chi connectivity index (χ3v) is 6.29. The maximum Gasteiger partial charge on any atom is 0.341 e. The first-order valence-corrected chi connectivity index (χ1v) is 10.2. The van der Waals surface area contributed by atoms with E-state index in [1.165, 1.54) is 6.07 Å². The molecule has 1 N–H and O–H groups in total. The minimum atomic E-state index is -1.18. The second-order valence-electron chi connectivity index (χ2n) is 7.28. The van der Waals surface area contributed by atoms with Crippen molar-refractivity contribution < 1.29 is 14.6 Å². The van der Waals surface area contributed by atoms with E-state index in [4.69, 9.17) is 16.3 Å². The van der Waals surface area contributed by atoms with Crippen LogP contribution in [-0.4, -0.2) is 21.7 Å². The highest BCUT2D eigenvalue weighted by Gasteiger charge is 2.35. The predicted molar refractivity (Wildman–Crippen MR) is 106 cm³/mol. The summed E-state index contributed by atoms with van der Waals surface area (Å²) in [4.78, 5) is 25.5. The topological polar surface area (TPSA) is 68.5 Å². The molecule has 27 heavy (non-hydrogen) atoms. The summed E-state index contributed by atoms with van der Waals surface area (Å²) in [6.45, 7) is 5.91. The summed E-state index contributed by atoms with van der Waals surface area (Å²) in [6.07, 6.45) is 1.77. The van der Waals surface area contributed by atoms with Crippen molar-refractivity contribution >= 4 is 29.3 Å². The fraction of sp³-hybridized carbons (Fsp3) is 0.400. The standard InChI is InChI=1S/C20H20ClNO4S/c1-9(2)26-16-8-17-13(7-15(16)21)18-12(10(3)27-17)6-14(20(24)25)19(23)22(18)11-4-5-11/h6-11H,4-5H2,1-3H3,(H,24,25). The molecule has 1 aliphatic heterocycles. The number of halogens is 1. The first kappa shape index (κ1) is 18.4. The molecule has 5 nitrogen and oxygen atoms in total. The Hall–Kier alpha value is -1.92. The summed E-state index contributed by atoms with van der Waals surface area (Å²) in [7, 11) is 0. The largest absolute Gasteiger partial charge is 0.489 e.